The predicted octanol–water partition coefficient (Wildman–Crippen LogP) is 8.38. The van der Waals surface area contributed by atoms with E-state index in [9.17, 15) is 10.1 Å². The fraction of sp³-hybridized carbons (Fsp3) is 0.519. The SMILES string of the molecule is CCCCCCC.CCn1c(C(C)(C)C)nc2cc(N(C)Sc3ccc([N+](=O)[O-])cc3)ccc21. The molecular weight excluding hydrogens is 444 g/mol. The van der Waals surface area contributed by atoms with Crippen LogP contribution < -0.4 is 4.31 Å². The number of unbranched alkanes of at least 4 members (excludes halogenated alkanes) is 4. The Kier molecular flexibility index (Phi) is 10.4. The van der Waals surface area contributed by atoms with Gasteiger partial charge in [0.25, 0.3) is 5.69 Å². The zero-order chi connectivity index (χ0) is 25.3. The van der Waals surface area contributed by atoms with Crippen molar-refractivity contribution in [2.45, 2.75) is 90.5 Å². The first-order valence-corrected chi connectivity index (χ1v) is 13.1. The molecule has 34 heavy (non-hydrogen) atoms. The largest absolute Gasteiger partial charge is 0.328 e. The normalized spacial score (nSPS) is 11.3. The molecule has 186 valence electrons. The maximum absolute atomic E-state index is 10.8. The second-order valence-corrected chi connectivity index (χ2v) is 10.7. The number of rotatable bonds is 9. The number of nitrogens with zero attached hydrogens (tertiary/aromatic N) is 4. The van der Waals surface area contributed by atoms with E-state index >= 15 is 0 Å². The molecule has 2 aromatic carbocycles. The summed E-state index contributed by atoms with van der Waals surface area (Å²) in [7, 11) is 1.98. The Morgan fingerprint density at radius 1 is 1.00 bits per heavy atom. The summed E-state index contributed by atoms with van der Waals surface area (Å²) in [5, 5.41) is 10.8. The van der Waals surface area contributed by atoms with Crippen LogP contribution in [0.5, 0.6) is 0 Å². The van der Waals surface area contributed by atoms with Gasteiger partial charge in [-0.3, -0.25) is 10.1 Å². The smallest absolute Gasteiger partial charge is 0.269 e. The van der Waals surface area contributed by atoms with E-state index in [1.165, 1.54) is 56.2 Å². The van der Waals surface area contributed by atoms with Crippen LogP contribution in [0.3, 0.4) is 0 Å². The number of nitro groups is 1. The summed E-state index contributed by atoms with van der Waals surface area (Å²) in [5.74, 6) is 1.09. The van der Waals surface area contributed by atoms with Gasteiger partial charge in [-0.1, -0.05) is 66.7 Å². The molecule has 0 radical (unpaired) electrons. The van der Waals surface area contributed by atoms with Gasteiger partial charge in [0.1, 0.15) is 5.82 Å². The molecule has 0 aliphatic heterocycles. The van der Waals surface area contributed by atoms with Crippen molar-refractivity contribution in [1.29, 1.82) is 0 Å². The van der Waals surface area contributed by atoms with Crippen molar-refractivity contribution in [3.8, 4) is 0 Å². The minimum Gasteiger partial charge on any atom is -0.328 e. The first-order valence-electron chi connectivity index (χ1n) is 12.3. The number of non-ortho nitro benzene ring substituents is 1. The number of benzene rings is 2. The molecule has 1 heterocycles. The standard InChI is InChI=1S/C20H24N4O2S.C7H16/c1-6-23-18-12-9-15(13-17(18)21-19(23)20(2,3)4)22(5)27-16-10-7-14(8-11-16)24(25)26;1-3-5-7-6-4-2/h7-13H,6H2,1-5H3;3-7H2,1-2H3. The number of imidazole rings is 1. The monoisotopic (exact) mass is 484 g/mol. The van der Waals surface area contributed by atoms with Gasteiger partial charge in [-0.25, -0.2) is 4.98 Å². The first-order chi connectivity index (χ1) is 16.1. The molecule has 3 aromatic rings. The van der Waals surface area contributed by atoms with Crippen molar-refractivity contribution in [2.75, 3.05) is 11.4 Å². The van der Waals surface area contributed by atoms with E-state index in [-0.39, 0.29) is 16.0 Å². The number of fused-ring (bicyclic) bond motifs is 1. The molecule has 0 aliphatic rings. The Morgan fingerprint density at radius 2 is 1.62 bits per heavy atom. The van der Waals surface area contributed by atoms with Gasteiger partial charge in [-0.15, -0.1) is 0 Å². The number of aromatic nitrogens is 2. The van der Waals surface area contributed by atoms with Gasteiger partial charge in [0, 0.05) is 41.7 Å². The van der Waals surface area contributed by atoms with Crippen molar-refractivity contribution in [3.63, 3.8) is 0 Å². The zero-order valence-electron chi connectivity index (χ0n) is 21.8. The molecule has 0 saturated carbocycles. The molecule has 3 rings (SSSR count). The molecule has 0 N–H and O–H groups in total. The lowest BCUT2D eigenvalue weighted by atomic mass is 9.96. The van der Waals surface area contributed by atoms with Crippen molar-refractivity contribution in [3.05, 3.63) is 58.4 Å². The molecule has 1 aromatic heterocycles. The molecule has 0 saturated heterocycles. The molecule has 0 bridgehead atoms. The van der Waals surface area contributed by atoms with Crippen LogP contribution in [-0.2, 0) is 12.0 Å². The molecule has 0 fully saturated rings. The van der Waals surface area contributed by atoms with Gasteiger partial charge in [-0.05, 0) is 49.2 Å². The van der Waals surface area contributed by atoms with E-state index in [2.05, 4.69) is 64.3 Å². The van der Waals surface area contributed by atoms with Crippen LogP contribution in [0.15, 0.2) is 47.4 Å². The minimum atomic E-state index is -0.386. The Labute approximate surface area is 209 Å². The molecule has 0 atom stereocenters. The highest BCUT2D eigenvalue weighted by atomic mass is 32.2. The summed E-state index contributed by atoms with van der Waals surface area (Å²) in [6.45, 7) is 14.1. The van der Waals surface area contributed by atoms with Gasteiger partial charge in [0.15, 0.2) is 0 Å². The highest BCUT2D eigenvalue weighted by molar-refractivity contribution is 8.00. The van der Waals surface area contributed by atoms with Crippen LogP contribution in [0, 0.1) is 10.1 Å². The Morgan fingerprint density at radius 3 is 2.12 bits per heavy atom. The van der Waals surface area contributed by atoms with Crippen LogP contribution >= 0.6 is 11.9 Å². The molecule has 0 unspecified atom stereocenters. The van der Waals surface area contributed by atoms with Crippen LogP contribution in [0.4, 0.5) is 11.4 Å². The first kappa shape index (κ1) is 27.7. The van der Waals surface area contributed by atoms with Gasteiger partial charge in [-0.2, -0.15) is 0 Å². The summed E-state index contributed by atoms with van der Waals surface area (Å²) < 4.78 is 4.31. The maximum atomic E-state index is 10.8. The lowest BCUT2D eigenvalue weighted by Gasteiger charge is -2.19. The van der Waals surface area contributed by atoms with E-state index in [1.807, 2.05) is 11.4 Å². The van der Waals surface area contributed by atoms with Crippen LogP contribution in [-0.4, -0.2) is 21.5 Å². The van der Waals surface area contributed by atoms with Gasteiger partial charge < -0.3 is 8.87 Å². The number of hydrogen-bond acceptors (Lipinski definition) is 5. The average Bonchev–Trinajstić information content (AvgIpc) is 3.19. The van der Waals surface area contributed by atoms with Crippen molar-refractivity contribution in [1.82, 2.24) is 9.55 Å². The van der Waals surface area contributed by atoms with Crippen molar-refractivity contribution >= 4 is 34.4 Å². The third-order valence-corrected chi connectivity index (χ3v) is 6.55. The second-order valence-electron chi connectivity index (χ2n) is 9.50. The third-order valence-electron chi connectivity index (χ3n) is 5.58. The van der Waals surface area contributed by atoms with E-state index in [0.717, 1.165) is 34.0 Å². The fourth-order valence-electron chi connectivity index (χ4n) is 3.72. The summed E-state index contributed by atoms with van der Waals surface area (Å²) >= 11 is 1.52. The summed E-state index contributed by atoms with van der Waals surface area (Å²) in [6.07, 6.45) is 7.01. The zero-order valence-corrected chi connectivity index (χ0v) is 22.6. The van der Waals surface area contributed by atoms with Gasteiger partial charge in [0.05, 0.1) is 16.0 Å². The second kappa shape index (κ2) is 12.8. The van der Waals surface area contributed by atoms with E-state index < -0.39 is 0 Å². The lowest BCUT2D eigenvalue weighted by molar-refractivity contribution is -0.384. The highest BCUT2D eigenvalue weighted by Crippen LogP contribution is 2.32. The number of aryl methyl sites for hydroxylation is 1. The van der Waals surface area contributed by atoms with Gasteiger partial charge in [0.2, 0.25) is 0 Å². The Hall–Kier alpha value is -2.54. The van der Waals surface area contributed by atoms with Crippen molar-refractivity contribution < 1.29 is 4.92 Å². The van der Waals surface area contributed by atoms with Crippen LogP contribution in [0.1, 0.15) is 79.5 Å². The summed E-state index contributed by atoms with van der Waals surface area (Å²) in [4.78, 5) is 16.2. The Balaban J connectivity index is 0.000000509. The highest BCUT2D eigenvalue weighted by Gasteiger charge is 2.22. The summed E-state index contributed by atoms with van der Waals surface area (Å²) in [6, 6.07) is 12.9. The molecule has 0 spiro atoms. The number of anilines is 1. The van der Waals surface area contributed by atoms with E-state index in [1.54, 1.807) is 12.1 Å². The summed E-state index contributed by atoms with van der Waals surface area (Å²) in [5.41, 5.74) is 3.24. The lowest BCUT2D eigenvalue weighted by Crippen LogP contribution is -2.18. The molecule has 0 aliphatic carbocycles. The minimum absolute atomic E-state index is 0.0192. The number of hydrogen-bond donors (Lipinski definition) is 0. The van der Waals surface area contributed by atoms with Crippen LogP contribution in [0.25, 0.3) is 11.0 Å². The third kappa shape index (κ3) is 7.49. The maximum Gasteiger partial charge on any atom is 0.269 e. The predicted molar refractivity (Wildman–Crippen MR) is 146 cm³/mol. The molecule has 7 heteroatoms. The Bertz CT molecular complexity index is 1050. The van der Waals surface area contributed by atoms with E-state index in [4.69, 9.17) is 4.98 Å². The van der Waals surface area contributed by atoms with Gasteiger partial charge >= 0.3 is 0 Å². The number of nitro benzene ring substituents is 1. The fourth-order valence-corrected chi connectivity index (χ4v) is 4.52. The molecule has 0 amide bonds. The molecular formula is C27H40N4O2S. The average molecular weight is 485 g/mol. The van der Waals surface area contributed by atoms with Crippen LogP contribution in [0.2, 0.25) is 0 Å². The quantitative estimate of drug-likeness (QED) is 0.132. The topological polar surface area (TPSA) is 64.2 Å². The van der Waals surface area contributed by atoms with E-state index in [0.29, 0.717) is 0 Å². The van der Waals surface area contributed by atoms with Crippen molar-refractivity contribution in [2.24, 2.45) is 0 Å². The molecule has 6 nitrogen and oxygen atoms in total.